The van der Waals surface area contributed by atoms with Gasteiger partial charge in [-0.2, -0.15) is 0 Å². The van der Waals surface area contributed by atoms with Crippen molar-refractivity contribution in [2.24, 2.45) is 23.7 Å². The van der Waals surface area contributed by atoms with Crippen LogP contribution in [0.1, 0.15) is 71.6 Å². The predicted octanol–water partition coefficient (Wildman–Crippen LogP) is 2.72. The molecule has 0 radical (unpaired) electrons. The summed E-state index contributed by atoms with van der Waals surface area (Å²) in [6.07, 6.45) is 11.6. The zero-order valence-corrected chi connectivity index (χ0v) is 18.3. The lowest BCUT2D eigenvalue weighted by atomic mass is 9.76. The maximum absolute atomic E-state index is 13.0. The number of piperidine rings is 1. The monoisotopic (exact) mass is 390 g/mol. The first-order valence-electron chi connectivity index (χ1n) is 12.0. The molecule has 2 saturated heterocycles. The van der Waals surface area contributed by atoms with Gasteiger partial charge in [-0.3, -0.25) is 9.69 Å². The van der Waals surface area contributed by atoms with Crippen LogP contribution >= 0.6 is 0 Å². The average Bonchev–Trinajstić information content (AvgIpc) is 3.45. The number of hydrogen-bond donors (Lipinski definition) is 3. The molecule has 5 heteroatoms. The minimum absolute atomic E-state index is 0.0379. The van der Waals surface area contributed by atoms with Gasteiger partial charge < -0.3 is 16.0 Å². The maximum atomic E-state index is 13.0. The Kier molecular flexibility index (Phi) is 6.63. The lowest BCUT2D eigenvalue weighted by molar-refractivity contribution is -0.125. The first-order chi connectivity index (χ1) is 13.5. The van der Waals surface area contributed by atoms with E-state index in [1.54, 1.807) is 0 Å². The van der Waals surface area contributed by atoms with Crippen LogP contribution in [-0.4, -0.2) is 55.2 Å². The zero-order chi connectivity index (χ0) is 19.7. The van der Waals surface area contributed by atoms with Crippen molar-refractivity contribution in [3.05, 3.63) is 0 Å². The van der Waals surface area contributed by atoms with Crippen molar-refractivity contribution in [2.75, 3.05) is 20.1 Å². The van der Waals surface area contributed by atoms with Crippen LogP contribution in [-0.2, 0) is 4.79 Å². The van der Waals surface area contributed by atoms with Crippen LogP contribution in [0.15, 0.2) is 0 Å². The molecule has 2 saturated carbocycles. The molecule has 2 aliphatic carbocycles. The van der Waals surface area contributed by atoms with Gasteiger partial charge in [-0.1, -0.05) is 26.7 Å². The summed E-state index contributed by atoms with van der Waals surface area (Å²) in [4.78, 5) is 15.4. The Hall–Kier alpha value is -0.650. The molecule has 7 atom stereocenters. The normalized spacial score (nSPS) is 41.0. The van der Waals surface area contributed by atoms with Crippen LogP contribution in [0.5, 0.6) is 0 Å². The third-order valence-electron chi connectivity index (χ3n) is 8.20. The molecule has 2 heterocycles. The molecule has 4 fully saturated rings. The smallest absolute Gasteiger partial charge is 0.237 e. The van der Waals surface area contributed by atoms with Gasteiger partial charge >= 0.3 is 0 Å². The van der Waals surface area contributed by atoms with Crippen molar-refractivity contribution in [1.82, 2.24) is 20.9 Å². The fourth-order valence-corrected chi connectivity index (χ4v) is 6.06. The first-order valence-corrected chi connectivity index (χ1v) is 12.0. The van der Waals surface area contributed by atoms with Gasteiger partial charge in [-0.25, -0.2) is 0 Å². The van der Waals surface area contributed by atoms with Crippen LogP contribution in [0.2, 0.25) is 0 Å². The molecule has 0 aromatic carbocycles. The molecule has 0 aromatic heterocycles. The molecular formula is C23H42N4O. The van der Waals surface area contributed by atoms with Gasteiger partial charge in [0.25, 0.3) is 0 Å². The summed E-state index contributed by atoms with van der Waals surface area (Å²) in [7, 11) is 2.23. The molecule has 7 unspecified atom stereocenters. The van der Waals surface area contributed by atoms with Gasteiger partial charge in [-0.05, 0) is 75.7 Å². The van der Waals surface area contributed by atoms with E-state index in [9.17, 15) is 4.79 Å². The summed E-state index contributed by atoms with van der Waals surface area (Å²) in [5.74, 6) is 3.28. The quantitative estimate of drug-likeness (QED) is 0.653. The maximum Gasteiger partial charge on any atom is 0.237 e. The van der Waals surface area contributed by atoms with Crippen molar-refractivity contribution >= 4 is 5.91 Å². The molecule has 0 bridgehead atoms. The molecular weight excluding hydrogens is 348 g/mol. The van der Waals surface area contributed by atoms with E-state index in [-0.39, 0.29) is 11.9 Å². The summed E-state index contributed by atoms with van der Waals surface area (Å²) < 4.78 is 0. The van der Waals surface area contributed by atoms with Crippen molar-refractivity contribution in [3.63, 3.8) is 0 Å². The van der Waals surface area contributed by atoms with E-state index in [1.165, 1.54) is 44.9 Å². The largest absolute Gasteiger partial charge is 0.352 e. The summed E-state index contributed by atoms with van der Waals surface area (Å²) in [5, 5.41) is 10.8. The number of amides is 1. The van der Waals surface area contributed by atoms with Crippen molar-refractivity contribution in [1.29, 1.82) is 0 Å². The second-order valence-corrected chi connectivity index (χ2v) is 10.4. The van der Waals surface area contributed by atoms with Crippen LogP contribution in [0.4, 0.5) is 0 Å². The van der Waals surface area contributed by atoms with E-state index in [1.807, 2.05) is 0 Å². The van der Waals surface area contributed by atoms with Gasteiger partial charge in [0.15, 0.2) is 0 Å². The number of likely N-dealkylation sites (N-methyl/N-ethyl adjacent to an activating group) is 1. The number of nitrogens with zero attached hydrogens (tertiary/aromatic N) is 1. The second kappa shape index (κ2) is 9.01. The average molecular weight is 391 g/mol. The highest BCUT2D eigenvalue weighted by Crippen LogP contribution is 2.39. The van der Waals surface area contributed by atoms with E-state index in [0.29, 0.717) is 24.2 Å². The molecule has 0 aromatic rings. The number of hydrogen-bond acceptors (Lipinski definition) is 4. The SMILES string of the molecule is CC(CC1NCCN1C)C1CCCC(NC(=O)C2CCC(C)C(C3CC3)N2)C1. The fraction of sp³-hybridized carbons (Fsp3) is 0.957. The van der Waals surface area contributed by atoms with E-state index in [2.05, 4.69) is 41.7 Å². The highest BCUT2D eigenvalue weighted by molar-refractivity contribution is 5.82. The van der Waals surface area contributed by atoms with Gasteiger partial charge in [-0.15, -0.1) is 0 Å². The Labute approximate surface area is 171 Å². The van der Waals surface area contributed by atoms with E-state index in [4.69, 9.17) is 0 Å². The highest BCUT2D eigenvalue weighted by atomic mass is 16.2. The van der Waals surface area contributed by atoms with Crippen LogP contribution in [0.3, 0.4) is 0 Å². The van der Waals surface area contributed by atoms with Gasteiger partial charge in [0.05, 0.1) is 12.2 Å². The van der Waals surface area contributed by atoms with E-state index < -0.39 is 0 Å². The van der Waals surface area contributed by atoms with E-state index >= 15 is 0 Å². The Morgan fingerprint density at radius 3 is 2.71 bits per heavy atom. The molecule has 2 aliphatic heterocycles. The Bertz CT molecular complexity index is 537. The van der Waals surface area contributed by atoms with Crippen molar-refractivity contribution in [3.8, 4) is 0 Å². The number of rotatable bonds is 6. The van der Waals surface area contributed by atoms with Crippen LogP contribution in [0.25, 0.3) is 0 Å². The topological polar surface area (TPSA) is 56.4 Å². The zero-order valence-electron chi connectivity index (χ0n) is 18.3. The van der Waals surface area contributed by atoms with E-state index in [0.717, 1.165) is 43.7 Å². The molecule has 0 spiro atoms. The summed E-state index contributed by atoms with van der Waals surface area (Å²) >= 11 is 0. The number of carbonyl (C=O) groups is 1. The fourth-order valence-electron chi connectivity index (χ4n) is 6.06. The number of nitrogens with one attached hydrogen (secondary N) is 3. The van der Waals surface area contributed by atoms with Crippen molar-refractivity contribution < 1.29 is 4.79 Å². The van der Waals surface area contributed by atoms with Crippen LogP contribution < -0.4 is 16.0 Å². The van der Waals surface area contributed by atoms with Crippen LogP contribution in [0, 0.1) is 23.7 Å². The molecule has 4 rings (SSSR count). The molecule has 4 aliphatic rings. The minimum atomic E-state index is 0.0379. The Morgan fingerprint density at radius 2 is 2.00 bits per heavy atom. The second-order valence-electron chi connectivity index (χ2n) is 10.4. The highest BCUT2D eigenvalue weighted by Gasteiger charge is 2.40. The van der Waals surface area contributed by atoms with Gasteiger partial charge in [0, 0.05) is 25.2 Å². The Morgan fingerprint density at radius 1 is 1.18 bits per heavy atom. The molecule has 28 heavy (non-hydrogen) atoms. The van der Waals surface area contributed by atoms with Gasteiger partial charge in [0.2, 0.25) is 5.91 Å². The summed E-state index contributed by atoms with van der Waals surface area (Å²) in [5.41, 5.74) is 0. The van der Waals surface area contributed by atoms with Gasteiger partial charge in [0.1, 0.15) is 0 Å². The first kappa shape index (κ1) is 20.6. The standard InChI is InChI=1S/C23H42N4O/c1-15-7-10-20(26-22(15)17-8-9-17)23(28)25-19-6-4-5-18(14-19)16(2)13-21-24-11-12-27(21)3/h15-22,24,26H,4-14H2,1-3H3,(H,25,28). The molecule has 1 amide bonds. The molecule has 5 nitrogen and oxygen atoms in total. The predicted molar refractivity (Wildman–Crippen MR) is 114 cm³/mol. The molecule has 3 N–H and O–H groups in total. The lowest BCUT2D eigenvalue weighted by Crippen LogP contribution is -2.56. The van der Waals surface area contributed by atoms with Crippen molar-refractivity contribution in [2.45, 2.75) is 95.9 Å². The Balaban J connectivity index is 1.25. The summed E-state index contributed by atoms with van der Waals surface area (Å²) in [6.45, 7) is 7.06. The number of carbonyl (C=O) groups excluding carboxylic acids is 1. The lowest BCUT2D eigenvalue weighted by Gasteiger charge is -2.38. The third kappa shape index (κ3) is 4.91. The molecule has 160 valence electrons. The summed E-state index contributed by atoms with van der Waals surface area (Å²) in [6, 6.07) is 0.985. The minimum Gasteiger partial charge on any atom is -0.352 e. The third-order valence-corrected chi connectivity index (χ3v) is 8.20.